The fourth-order valence-electron chi connectivity index (χ4n) is 2.67. The van der Waals surface area contributed by atoms with Gasteiger partial charge in [0.2, 0.25) is 0 Å². The summed E-state index contributed by atoms with van der Waals surface area (Å²) in [4.78, 5) is 23.6. The molecule has 2 rings (SSSR count). The molecule has 2 N–H and O–H groups in total. The van der Waals surface area contributed by atoms with Crippen molar-refractivity contribution in [2.24, 2.45) is 5.92 Å². The molecule has 0 bridgehead atoms. The van der Waals surface area contributed by atoms with E-state index in [-0.39, 0.29) is 11.9 Å². The van der Waals surface area contributed by atoms with Gasteiger partial charge in [-0.25, -0.2) is 0 Å². The Balaban J connectivity index is 2.12. The molecule has 0 saturated heterocycles. The van der Waals surface area contributed by atoms with Gasteiger partial charge in [-0.3, -0.25) is 9.59 Å². The number of hydrogen-bond donors (Lipinski definition) is 2. The maximum atomic E-state index is 12.3. The number of carbonyl (C=O) groups is 2. The third kappa shape index (κ3) is 4.20. The van der Waals surface area contributed by atoms with E-state index < -0.39 is 11.9 Å². The monoisotopic (exact) mass is 373 g/mol. The lowest BCUT2D eigenvalue weighted by molar-refractivity contribution is -0.142. The Morgan fingerprint density at radius 3 is 2.62 bits per heavy atom. The largest absolute Gasteiger partial charge is 0.481 e. The minimum absolute atomic E-state index is 0.259. The van der Waals surface area contributed by atoms with E-state index in [1.807, 2.05) is 0 Å². The lowest BCUT2D eigenvalue weighted by Gasteiger charge is -2.23. The van der Waals surface area contributed by atoms with Crippen molar-refractivity contribution in [2.45, 2.75) is 38.1 Å². The van der Waals surface area contributed by atoms with E-state index in [0.717, 1.165) is 19.3 Å². The second kappa shape index (κ2) is 7.27. The lowest BCUT2D eigenvalue weighted by atomic mass is 9.94. The van der Waals surface area contributed by atoms with Gasteiger partial charge < -0.3 is 10.4 Å². The molecule has 6 heteroatoms. The van der Waals surface area contributed by atoms with Gasteiger partial charge in [0.1, 0.15) is 0 Å². The molecule has 1 aromatic carbocycles. The molecule has 0 heterocycles. The van der Waals surface area contributed by atoms with Crippen molar-refractivity contribution < 1.29 is 14.7 Å². The normalized spacial score (nSPS) is 22.4. The van der Waals surface area contributed by atoms with Gasteiger partial charge in [0.05, 0.1) is 10.9 Å². The number of carboxylic acid groups (broad SMARTS) is 1. The smallest absolute Gasteiger partial charge is 0.308 e. The van der Waals surface area contributed by atoms with Crippen LogP contribution in [0.4, 0.5) is 0 Å². The first kappa shape index (κ1) is 16.3. The summed E-state index contributed by atoms with van der Waals surface area (Å²) in [6.45, 7) is 0. The Kier molecular flexibility index (Phi) is 5.65. The van der Waals surface area contributed by atoms with Gasteiger partial charge in [0.25, 0.3) is 5.91 Å². The first-order valence-electron chi connectivity index (χ1n) is 6.98. The summed E-state index contributed by atoms with van der Waals surface area (Å²) in [5.41, 5.74) is 0.472. The van der Waals surface area contributed by atoms with E-state index in [1.54, 1.807) is 18.2 Å². The van der Waals surface area contributed by atoms with Gasteiger partial charge in [-0.2, -0.15) is 0 Å². The summed E-state index contributed by atoms with van der Waals surface area (Å²) in [6.07, 6.45) is 4.18. The molecule has 1 fully saturated rings. The van der Waals surface area contributed by atoms with E-state index in [4.69, 9.17) is 11.6 Å². The molecule has 0 radical (unpaired) electrons. The van der Waals surface area contributed by atoms with Gasteiger partial charge in [-0.05, 0) is 47.0 Å². The van der Waals surface area contributed by atoms with Crippen LogP contribution < -0.4 is 5.32 Å². The zero-order valence-corrected chi connectivity index (χ0v) is 13.8. The molecule has 2 atom stereocenters. The molecule has 1 amide bonds. The Morgan fingerprint density at radius 1 is 1.24 bits per heavy atom. The Labute approximate surface area is 137 Å². The van der Waals surface area contributed by atoms with Gasteiger partial charge in [-0.15, -0.1) is 0 Å². The number of halogens is 2. The second-order valence-corrected chi connectivity index (χ2v) is 6.55. The van der Waals surface area contributed by atoms with Crippen molar-refractivity contribution in [1.29, 1.82) is 0 Å². The van der Waals surface area contributed by atoms with Crippen molar-refractivity contribution in [3.05, 3.63) is 33.3 Å². The summed E-state index contributed by atoms with van der Waals surface area (Å²) in [5.74, 6) is -1.60. The maximum Gasteiger partial charge on any atom is 0.308 e. The number of carbonyl (C=O) groups excluding carboxylic acids is 1. The fourth-order valence-corrected chi connectivity index (χ4v) is 3.16. The van der Waals surface area contributed by atoms with Crippen molar-refractivity contribution in [3.8, 4) is 0 Å². The molecule has 0 aromatic heterocycles. The molecule has 21 heavy (non-hydrogen) atoms. The summed E-state index contributed by atoms with van der Waals surface area (Å²) in [7, 11) is 0. The molecule has 2 unspecified atom stereocenters. The van der Waals surface area contributed by atoms with Crippen LogP contribution in [0.5, 0.6) is 0 Å². The first-order chi connectivity index (χ1) is 9.99. The zero-order chi connectivity index (χ0) is 15.4. The second-order valence-electron chi connectivity index (χ2n) is 5.29. The first-order valence-corrected chi connectivity index (χ1v) is 8.15. The number of aliphatic carboxylic acids is 1. The molecule has 0 aliphatic heterocycles. The highest BCUT2D eigenvalue weighted by molar-refractivity contribution is 9.10. The van der Waals surface area contributed by atoms with E-state index in [0.29, 0.717) is 27.9 Å². The number of rotatable bonds is 3. The van der Waals surface area contributed by atoms with Crippen LogP contribution >= 0.6 is 27.5 Å². The molecule has 4 nitrogen and oxygen atoms in total. The summed E-state index contributed by atoms with van der Waals surface area (Å²) in [6, 6.07) is 4.61. The zero-order valence-electron chi connectivity index (χ0n) is 11.4. The molecule has 1 aliphatic carbocycles. The molecule has 1 aromatic rings. The third-order valence-corrected chi connectivity index (χ3v) is 5.05. The van der Waals surface area contributed by atoms with Crippen molar-refractivity contribution >= 4 is 39.4 Å². The number of hydrogen-bond acceptors (Lipinski definition) is 2. The van der Waals surface area contributed by atoms with Crippen LogP contribution in [0.2, 0.25) is 5.02 Å². The van der Waals surface area contributed by atoms with E-state index in [1.165, 1.54) is 0 Å². The number of carboxylic acids is 1. The van der Waals surface area contributed by atoms with Gasteiger partial charge in [0.15, 0.2) is 0 Å². The van der Waals surface area contributed by atoms with E-state index in [9.17, 15) is 14.7 Å². The molecule has 1 aliphatic rings. The standard InChI is InChI=1S/C15H17BrClNO3/c16-11-8-9(6-7-12(11)17)14(19)18-13-5-3-1-2-4-10(13)15(20)21/h6-8,10,13H,1-5H2,(H,18,19)(H,20,21). The van der Waals surface area contributed by atoms with Crippen LogP contribution in [-0.4, -0.2) is 23.0 Å². The number of amides is 1. The molecule has 0 spiro atoms. The van der Waals surface area contributed by atoms with Crippen LogP contribution in [0.15, 0.2) is 22.7 Å². The lowest BCUT2D eigenvalue weighted by Crippen LogP contribution is -2.42. The quantitative estimate of drug-likeness (QED) is 0.789. The minimum atomic E-state index is -0.834. The highest BCUT2D eigenvalue weighted by Crippen LogP contribution is 2.26. The molecule has 114 valence electrons. The average Bonchev–Trinajstić information content (AvgIpc) is 2.67. The van der Waals surface area contributed by atoms with E-state index >= 15 is 0 Å². The van der Waals surface area contributed by atoms with Crippen LogP contribution in [0, 0.1) is 5.92 Å². The van der Waals surface area contributed by atoms with Crippen molar-refractivity contribution in [2.75, 3.05) is 0 Å². The predicted octanol–water partition coefficient (Wildman–Crippen LogP) is 3.87. The van der Waals surface area contributed by atoms with Gasteiger partial charge >= 0.3 is 5.97 Å². The number of benzene rings is 1. The van der Waals surface area contributed by atoms with Gasteiger partial charge in [-0.1, -0.05) is 30.9 Å². The topological polar surface area (TPSA) is 66.4 Å². The number of nitrogens with one attached hydrogen (secondary N) is 1. The van der Waals surface area contributed by atoms with Crippen LogP contribution in [0.25, 0.3) is 0 Å². The Bertz CT molecular complexity index is 550. The maximum absolute atomic E-state index is 12.3. The Hall–Kier alpha value is -1.07. The molecular formula is C15H17BrClNO3. The van der Waals surface area contributed by atoms with E-state index in [2.05, 4.69) is 21.2 Å². The summed E-state index contributed by atoms with van der Waals surface area (Å²) in [5, 5.41) is 12.7. The summed E-state index contributed by atoms with van der Waals surface area (Å²) < 4.78 is 0.646. The highest BCUT2D eigenvalue weighted by Gasteiger charge is 2.30. The van der Waals surface area contributed by atoms with Crippen LogP contribution in [0.3, 0.4) is 0 Å². The van der Waals surface area contributed by atoms with Crippen LogP contribution in [-0.2, 0) is 4.79 Å². The molecular weight excluding hydrogens is 358 g/mol. The van der Waals surface area contributed by atoms with Gasteiger partial charge in [0, 0.05) is 16.1 Å². The summed E-state index contributed by atoms with van der Waals surface area (Å²) >= 11 is 9.19. The Morgan fingerprint density at radius 2 is 1.95 bits per heavy atom. The van der Waals surface area contributed by atoms with Crippen molar-refractivity contribution in [1.82, 2.24) is 5.32 Å². The minimum Gasteiger partial charge on any atom is -0.481 e. The van der Waals surface area contributed by atoms with Crippen molar-refractivity contribution in [3.63, 3.8) is 0 Å². The predicted molar refractivity (Wildman–Crippen MR) is 84.6 cm³/mol. The van der Waals surface area contributed by atoms with Crippen LogP contribution in [0.1, 0.15) is 42.5 Å². The average molecular weight is 375 g/mol. The fraction of sp³-hybridized carbons (Fsp3) is 0.467. The highest BCUT2D eigenvalue weighted by atomic mass is 79.9. The SMILES string of the molecule is O=C(NC1CCCCCC1C(=O)O)c1ccc(Cl)c(Br)c1. The molecule has 1 saturated carbocycles. The third-order valence-electron chi connectivity index (χ3n) is 3.83.